The van der Waals surface area contributed by atoms with Crippen molar-refractivity contribution in [3.63, 3.8) is 0 Å². The summed E-state index contributed by atoms with van der Waals surface area (Å²) < 4.78 is 97.8. The van der Waals surface area contributed by atoms with Crippen molar-refractivity contribution >= 4 is 35.0 Å². The molecule has 376 valence electrons. The third-order valence-electron chi connectivity index (χ3n) is 10.2. The van der Waals surface area contributed by atoms with Crippen LogP contribution in [-0.4, -0.2) is 111 Å². The Hall–Kier alpha value is -8.45. The van der Waals surface area contributed by atoms with Crippen LogP contribution < -0.4 is 20.5 Å². The fourth-order valence-corrected chi connectivity index (χ4v) is 6.27. The van der Waals surface area contributed by atoms with Crippen molar-refractivity contribution in [1.82, 2.24) is 49.1 Å². The fourth-order valence-electron chi connectivity index (χ4n) is 6.27. The quantitative estimate of drug-likeness (QED) is 0.100. The molecule has 5 N–H and O–H groups in total. The van der Waals surface area contributed by atoms with E-state index in [2.05, 4.69) is 52.3 Å². The maximum atomic E-state index is 13.5. The number of aromatic nitrogens is 10. The summed E-state index contributed by atoms with van der Waals surface area (Å²) in [5.74, 6) is -0.172. The Bertz CT molecular complexity index is 3140. The van der Waals surface area contributed by atoms with Gasteiger partial charge in [-0.3, -0.25) is 4.79 Å². The Kier molecular flexibility index (Phi) is 16.9. The maximum Gasteiger partial charge on any atom is 0.417 e. The molecule has 20 nitrogen and oxygen atoms in total. The number of fused-ring (bicyclic) bond motifs is 2. The zero-order valence-electron chi connectivity index (χ0n) is 37.9. The zero-order chi connectivity index (χ0) is 52.1. The van der Waals surface area contributed by atoms with E-state index < -0.39 is 34.8 Å². The van der Waals surface area contributed by atoms with Crippen molar-refractivity contribution in [1.29, 1.82) is 0 Å². The van der Waals surface area contributed by atoms with Gasteiger partial charge in [0.25, 0.3) is 5.91 Å². The minimum absolute atomic E-state index is 0.0102. The molecule has 0 aliphatic carbocycles. The highest BCUT2D eigenvalue weighted by Gasteiger charge is 2.36. The summed E-state index contributed by atoms with van der Waals surface area (Å²) in [6.07, 6.45) is -1.44. The molecule has 7 heterocycles. The van der Waals surface area contributed by atoms with E-state index in [1.807, 2.05) is 0 Å². The topological polar surface area (TPSA) is 269 Å². The van der Waals surface area contributed by atoms with E-state index in [1.165, 1.54) is 71.5 Å². The van der Waals surface area contributed by atoms with Crippen LogP contribution in [0.15, 0.2) is 116 Å². The predicted molar refractivity (Wildman–Crippen MR) is 240 cm³/mol. The van der Waals surface area contributed by atoms with Crippen molar-refractivity contribution in [3.8, 4) is 34.5 Å². The predicted octanol–water partition coefficient (Wildman–Crippen LogP) is 6.13. The molecule has 8 aromatic rings. The van der Waals surface area contributed by atoms with Crippen LogP contribution in [0.1, 0.15) is 35.5 Å². The first-order valence-corrected chi connectivity index (χ1v) is 21.0. The lowest BCUT2D eigenvalue weighted by Gasteiger charge is -2.37. The van der Waals surface area contributed by atoms with Gasteiger partial charge in [-0.1, -0.05) is 50.2 Å². The van der Waals surface area contributed by atoms with Gasteiger partial charge in [0.15, 0.2) is 17.0 Å². The lowest BCUT2D eigenvalue weighted by molar-refractivity contribution is -0.191. The lowest BCUT2D eigenvalue weighted by Crippen LogP contribution is -2.44. The van der Waals surface area contributed by atoms with Gasteiger partial charge in [0.05, 0.1) is 55.1 Å². The van der Waals surface area contributed by atoms with Crippen LogP contribution in [0.3, 0.4) is 0 Å². The Morgan fingerprint density at radius 3 is 1.90 bits per heavy atom. The van der Waals surface area contributed by atoms with Gasteiger partial charge in [-0.05, 0) is 48.5 Å². The summed E-state index contributed by atoms with van der Waals surface area (Å²) in [4.78, 5) is 53.2. The van der Waals surface area contributed by atoms with Crippen molar-refractivity contribution in [2.45, 2.75) is 26.2 Å². The van der Waals surface area contributed by atoms with Crippen LogP contribution in [0.25, 0.3) is 33.8 Å². The number of rotatable bonds is 12. The fraction of sp³-hybridized carbons (Fsp3) is 0.261. The first-order valence-electron chi connectivity index (χ1n) is 21.0. The number of nitrogens with zero attached hydrogens (tertiary/aromatic N) is 10. The molecule has 0 unspecified atom stereocenters. The van der Waals surface area contributed by atoms with Crippen molar-refractivity contribution in [3.05, 3.63) is 133 Å². The van der Waals surface area contributed by atoms with Crippen molar-refractivity contribution in [2.24, 2.45) is 10.8 Å². The molecule has 0 bridgehead atoms. The van der Waals surface area contributed by atoms with Gasteiger partial charge in [0.1, 0.15) is 24.8 Å². The zero-order valence-corrected chi connectivity index (χ0v) is 37.9. The number of halogens is 6. The number of amides is 1. The Labute approximate surface area is 403 Å². The summed E-state index contributed by atoms with van der Waals surface area (Å²) in [6, 6.07) is 19.7. The first kappa shape index (κ1) is 52.9. The summed E-state index contributed by atoms with van der Waals surface area (Å²) in [7, 11) is 0. The third-order valence-corrected chi connectivity index (χ3v) is 10.2. The minimum atomic E-state index is -4.58. The molecule has 0 spiro atoms. The Morgan fingerprint density at radius 1 is 0.764 bits per heavy atom. The summed E-state index contributed by atoms with van der Waals surface area (Å²) >= 11 is 0. The number of carbonyl (C=O) groups excluding carboxylic acids is 3. The first-order chi connectivity index (χ1) is 34.3. The van der Waals surface area contributed by atoms with Crippen LogP contribution in [0.5, 0.6) is 12.0 Å². The number of aliphatic hydroxyl groups excluding tert-OH is 2. The van der Waals surface area contributed by atoms with E-state index >= 15 is 0 Å². The number of nitrogens with two attached hydrogens (primary N) is 1. The maximum absolute atomic E-state index is 13.5. The van der Waals surface area contributed by atoms with Gasteiger partial charge < -0.3 is 35.5 Å². The molecule has 1 saturated heterocycles. The number of imidazole rings is 2. The summed E-state index contributed by atoms with van der Waals surface area (Å²) in [6.45, 7) is 5.02. The van der Waals surface area contributed by atoms with Gasteiger partial charge in [-0.25, -0.2) is 29.0 Å². The van der Waals surface area contributed by atoms with E-state index in [4.69, 9.17) is 29.5 Å². The highest BCUT2D eigenvalue weighted by Crippen LogP contribution is 2.37. The molecule has 72 heavy (non-hydrogen) atoms. The normalized spacial score (nSPS) is 12.9. The number of hydrogen-bond donors (Lipinski definition) is 4. The van der Waals surface area contributed by atoms with Crippen molar-refractivity contribution < 1.29 is 65.1 Å². The standard InChI is InChI=1S/C23H21F3N6O4.C13H8F3N3.C9H13N3O2.CO2/c1-22(11-33,12-34)13-36-21-27-9-8-18(30-21)29-20(35)17-10-28-19-7-6-16(31-32(17)19)14-4-2-3-5-15(14)23(24,25)26;14-13(15,16)10-4-2-1-3-9(10)11-5-6-12-17-7-8-19(12)18-11;1-9(4-13-5-9)6-14-8-11-3-2-7(10)12-8;2-1-3/h2-10,33-34H,11-13H2,1H3,(H,27,29,30,35);1-8H;2-3H,4-6H2,1H3,(H2,10,11,12);. The van der Waals surface area contributed by atoms with Crippen LogP contribution >= 0.6 is 0 Å². The van der Waals surface area contributed by atoms with E-state index in [9.17, 15) is 41.4 Å². The number of carbonyl (C=O) groups is 1. The second kappa shape index (κ2) is 23.0. The number of benzene rings is 2. The Morgan fingerprint density at radius 2 is 1.33 bits per heavy atom. The monoisotopic (exact) mass is 1000 g/mol. The summed E-state index contributed by atoms with van der Waals surface area (Å²) in [5.41, 5.74) is 4.15. The van der Waals surface area contributed by atoms with E-state index in [0.717, 1.165) is 29.9 Å². The SMILES string of the molecule is CC(CO)(CO)COc1nccc(NC(=O)c2cnc3ccc(-c4ccccc4C(F)(F)F)nn23)n1.CC1(COc2nccc(N)n2)COC1.FC(F)(F)c1ccccc1-c1ccc2nccn2n1.O=C=O. The van der Waals surface area contributed by atoms with Gasteiger partial charge >= 0.3 is 30.5 Å². The number of nitrogens with one attached hydrogen (secondary N) is 1. The molecule has 1 amide bonds. The van der Waals surface area contributed by atoms with Crippen LogP contribution in [-0.2, 0) is 26.7 Å². The molecule has 1 aliphatic heterocycles. The number of hydrogen-bond acceptors (Lipinski definition) is 17. The molecule has 6 aromatic heterocycles. The summed E-state index contributed by atoms with van der Waals surface area (Å²) in [5, 5.41) is 29.6. The molecule has 26 heteroatoms. The van der Waals surface area contributed by atoms with Gasteiger partial charge in [0.2, 0.25) is 0 Å². The molecule has 2 aromatic carbocycles. The molecular weight excluding hydrogens is 963 g/mol. The average Bonchev–Trinajstić information content (AvgIpc) is 4.02. The largest absolute Gasteiger partial charge is 0.463 e. The second-order valence-electron chi connectivity index (χ2n) is 16.2. The highest BCUT2D eigenvalue weighted by atomic mass is 19.4. The van der Waals surface area contributed by atoms with E-state index in [-0.39, 0.29) is 77.1 Å². The molecule has 0 atom stereocenters. The molecule has 1 aliphatic rings. The number of alkyl halides is 6. The van der Waals surface area contributed by atoms with Gasteiger partial charge in [-0.2, -0.15) is 56.1 Å². The molecule has 9 rings (SSSR count). The Balaban J connectivity index is 0.000000194. The minimum Gasteiger partial charge on any atom is -0.463 e. The van der Waals surface area contributed by atoms with Crippen LogP contribution in [0.2, 0.25) is 0 Å². The van der Waals surface area contributed by atoms with Crippen molar-refractivity contribution in [2.75, 3.05) is 50.7 Å². The smallest absolute Gasteiger partial charge is 0.417 e. The number of aliphatic hydroxyl groups is 2. The third kappa shape index (κ3) is 13.7. The number of nitrogen functional groups attached to an aromatic ring is 1. The molecular formula is C46H42F6N12O8. The van der Waals surface area contributed by atoms with Gasteiger partial charge in [-0.15, -0.1) is 0 Å². The van der Waals surface area contributed by atoms with Crippen LogP contribution in [0, 0.1) is 10.8 Å². The highest BCUT2D eigenvalue weighted by molar-refractivity contribution is 6.02. The lowest BCUT2D eigenvalue weighted by atomic mass is 9.90. The number of anilines is 2. The second-order valence-corrected chi connectivity index (χ2v) is 16.2. The average molecular weight is 1000 g/mol. The van der Waals surface area contributed by atoms with E-state index in [0.29, 0.717) is 24.1 Å². The molecule has 0 radical (unpaired) electrons. The van der Waals surface area contributed by atoms with Crippen LogP contribution in [0.4, 0.5) is 38.0 Å². The van der Waals surface area contributed by atoms with E-state index in [1.54, 1.807) is 43.7 Å². The number of ether oxygens (including phenoxy) is 3. The molecule has 1 fully saturated rings. The molecule has 0 saturated carbocycles. The van der Waals surface area contributed by atoms with Gasteiger partial charge in [0, 0.05) is 46.7 Å².